The Hall–Kier alpha value is -3.32. The maximum atomic E-state index is 11.6. The number of amides is 1. The van der Waals surface area contributed by atoms with Crippen molar-refractivity contribution in [3.05, 3.63) is 78.0 Å². The van der Waals surface area contributed by atoms with Crippen molar-refractivity contribution in [2.75, 3.05) is 6.54 Å². The number of hydrogen-bond acceptors (Lipinski definition) is 3. The Morgan fingerprint density at radius 2 is 1.92 bits per heavy atom. The van der Waals surface area contributed by atoms with Crippen LogP contribution in [0.1, 0.15) is 17.5 Å². The van der Waals surface area contributed by atoms with Crippen LogP contribution in [-0.2, 0) is 11.3 Å². The van der Waals surface area contributed by atoms with E-state index in [0.717, 1.165) is 22.0 Å². The summed E-state index contributed by atoms with van der Waals surface area (Å²) in [5, 5.41) is 3.74. The molecular weight excluding hydrogens is 312 g/mol. The molecule has 0 saturated heterocycles. The summed E-state index contributed by atoms with van der Waals surface area (Å²) in [7, 11) is 0. The largest absolute Gasteiger partial charge is 0.445 e. The van der Waals surface area contributed by atoms with Crippen LogP contribution in [0.15, 0.2) is 66.9 Å². The van der Waals surface area contributed by atoms with Crippen LogP contribution in [0.2, 0.25) is 0 Å². The molecule has 4 nitrogen and oxygen atoms in total. The van der Waals surface area contributed by atoms with Crippen molar-refractivity contribution < 1.29 is 9.53 Å². The van der Waals surface area contributed by atoms with Crippen LogP contribution in [0.4, 0.5) is 4.79 Å². The number of benzene rings is 2. The molecule has 0 aliphatic carbocycles. The highest BCUT2D eigenvalue weighted by molar-refractivity contribution is 5.84. The van der Waals surface area contributed by atoms with Crippen LogP contribution < -0.4 is 5.32 Å². The van der Waals surface area contributed by atoms with E-state index in [0.29, 0.717) is 13.0 Å². The molecule has 0 spiro atoms. The molecule has 1 aromatic heterocycles. The van der Waals surface area contributed by atoms with E-state index in [4.69, 9.17) is 4.74 Å². The highest BCUT2D eigenvalue weighted by Crippen LogP contribution is 2.15. The summed E-state index contributed by atoms with van der Waals surface area (Å²) >= 11 is 0. The molecule has 0 aliphatic heterocycles. The van der Waals surface area contributed by atoms with Crippen molar-refractivity contribution in [3.63, 3.8) is 0 Å². The summed E-state index contributed by atoms with van der Waals surface area (Å²) in [5.41, 5.74) is 2.83. The van der Waals surface area contributed by atoms with Crippen molar-refractivity contribution in [2.45, 2.75) is 13.0 Å². The number of aromatic nitrogens is 1. The molecule has 3 rings (SSSR count). The Balaban J connectivity index is 1.45. The maximum Gasteiger partial charge on any atom is 0.407 e. The quantitative estimate of drug-likeness (QED) is 0.583. The summed E-state index contributed by atoms with van der Waals surface area (Å²) in [6.07, 6.45) is 1.89. The van der Waals surface area contributed by atoms with Gasteiger partial charge < -0.3 is 10.1 Å². The summed E-state index contributed by atoms with van der Waals surface area (Å²) in [6, 6.07) is 19.4. The van der Waals surface area contributed by atoms with Gasteiger partial charge in [-0.3, -0.25) is 4.98 Å². The zero-order valence-electron chi connectivity index (χ0n) is 13.7. The fraction of sp³-hybridized carbons (Fsp3) is 0.143. The van der Waals surface area contributed by atoms with Crippen LogP contribution in [0.25, 0.3) is 10.9 Å². The lowest BCUT2D eigenvalue weighted by molar-refractivity contribution is 0.140. The molecule has 25 heavy (non-hydrogen) atoms. The van der Waals surface area contributed by atoms with E-state index in [-0.39, 0.29) is 6.61 Å². The second-order valence-corrected chi connectivity index (χ2v) is 5.42. The number of fused-ring (bicyclic) bond motifs is 1. The van der Waals surface area contributed by atoms with Gasteiger partial charge in [-0.05, 0) is 23.8 Å². The second kappa shape index (κ2) is 8.51. The van der Waals surface area contributed by atoms with E-state index >= 15 is 0 Å². The minimum Gasteiger partial charge on any atom is -0.445 e. The first kappa shape index (κ1) is 16.5. The average Bonchev–Trinajstić information content (AvgIpc) is 2.67. The van der Waals surface area contributed by atoms with Crippen LogP contribution in [-0.4, -0.2) is 17.6 Å². The van der Waals surface area contributed by atoms with Gasteiger partial charge in [0, 0.05) is 30.1 Å². The van der Waals surface area contributed by atoms with Crippen molar-refractivity contribution in [1.29, 1.82) is 0 Å². The highest BCUT2D eigenvalue weighted by atomic mass is 16.5. The molecule has 124 valence electrons. The van der Waals surface area contributed by atoms with Gasteiger partial charge in [-0.1, -0.05) is 54.3 Å². The van der Waals surface area contributed by atoms with E-state index in [1.807, 2.05) is 60.7 Å². The predicted molar refractivity (Wildman–Crippen MR) is 97.9 cm³/mol. The highest BCUT2D eigenvalue weighted by Gasteiger charge is 2.01. The normalized spacial score (nSPS) is 9.92. The Labute approximate surface area is 146 Å². The van der Waals surface area contributed by atoms with Gasteiger partial charge in [0.05, 0.1) is 5.52 Å². The number of pyridine rings is 1. The summed E-state index contributed by atoms with van der Waals surface area (Å²) in [6.45, 7) is 0.713. The van der Waals surface area contributed by atoms with Gasteiger partial charge in [0.2, 0.25) is 0 Å². The molecule has 1 heterocycles. The summed E-state index contributed by atoms with van der Waals surface area (Å²) in [5.74, 6) is 6.21. The Bertz CT molecular complexity index is 906. The molecule has 1 N–H and O–H groups in total. The minimum atomic E-state index is -0.431. The van der Waals surface area contributed by atoms with Crippen LogP contribution in [0, 0.1) is 11.8 Å². The van der Waals surface area contributed by atoms with Gasteiger partial charge in [0.25, 0.3) is 0 Å². The first-order valence-electron chi connectivity index (χ1n) is 8.10. The van der Waals surface area contributed by atoms with Crippen molar-refractivity contribution >= 4 is 17.0 Å². The lowest BCUT2D eigenvalue weighted by atomic mass is 10.1. The molecule has 4 heteroatoms. The van der Waals surface area contributed by atoms with Crippen molar-refractivity contribution in [3.8, 4) is 11.8 Å². The van der Waals surface area contributed by atoms with E-state index in [2.05, 4.69) is 22.1 Å². The third-order valence-corrected chi connectivity index (χ3v) is 3.60. The van der Waals surface area contributed by atoms with Crippen molar-refractivity contribution in [1.82, 2.24) is 10.3 Å². The number of alkyl carbamates (subject to hydrolysis) is 1. The Morgan fingerprint density at radius 3 is 2.80 bits per heavy atom. The number of hydrogen-bond donors (Lipinski definition) is 1. The van der Waals surface area contributed by atoms with Gasteiger partial charge in [-0.15, -0.1) is 0 Å². The third kappa shape index (κ3) is 4.82. The van der Waals surface area contributed by atoms with Gasteiger partial charge >= 0.3 is 6.09 Å². The third-order valence-electron chi connectivity index (χ3n) is 3.60. The van der Waals surface area contributed by atoms with E-state index in [9.17, 15) is 4.79 Å². The topological polar surface area (TPSA) is 51.2 Å². The molecule has 0 bridgehead atoms. The number of ether oxygens (including phenoxy) is 1. The SMILES string of the molecule is O=C(NCCC#Cc1cccc2ncccc12)OCc1ccccc1. The second-order valence-electron chi connectivity index (χ2n) is 5.42. The van der Waals surface area contributed by atoms with Crippen LogP contribution in [0.5, 0.6) is 0 Å². The van der Waals surface area contributed by atoms with Crippen molar-refractivity contribution in [2.24, 2.45) is 0 Å². The number of nitrogens with zero attached hydrogens (tertiary/aromatic N) is 1. The maximum absolute atomic E-state index is 11.6. The van der Waals surface area contributed by atoms with Gasteiger partial charge in [-0.25, -0.2) is 4.79 Å². The van der Waals surface area contributed by atoms with Crippen LogP contribution >= 0.6 is 0 Å². The monoisotopic (exact) mass is 330 g/mol. The Kier molecular flexibility index (Phi) is 5.63. The molecule has 1 amide bonds. The summed E-state index contributed by atoms with van der Waals surface area (Å²) in [4.78, 5) is 15.9. The van der Waals surface area contributed by atoms with E-state index < -0.39 is 6.09 Å². The molecule has 0 radical (unpaired) electrons. The first-order valence-corrected chi connectivity index (χ1v) is 8.10. The molecule has 0 saturated carbocycles. The first-order chi connectivity index (χ1) is 12.3. The molecule has 2 aromatic carbocycles. The zero-order chi connectivity index (χ0) is 17.3. The number of nitrogens with one attached hydrogen (secondary N) is 1. The van der Waals surface area contributed by atoms with E-state index in [1.165, 1.54) is 0 Å². The zero-order valence-corrected chi connectivity index (χ0v) is 13.7. The van der Waals surface area contributed by atoms with Gasteiger partial charge in [0.15, 0.2) is 0 Å². The van der Waals surface area contributed by atoms with Gasteiger partial charge in [-0.2, -0.15) is 0 Å². The lowest BCUT2D eigenvalue weighted by Gasteiger charge is -2.05. The minimum absolute atomic E-state index is 0.265. The average molecular weight is 330 g/mol. The molecule has 0 aliphatic rings. The molecule has 0 unspecified atom stereocenters. The standard InChI is InChI=1S/C21H18N2O2/c24-21(25-16-17-8-2-1-3-9-17)23-14-5-4-10-18-11-6-13-20-19(18)12-7-15-22-20/h1-3,6-9,11-13,15H,5,14,16H2,(H,23,24). The molecule has 3 aromatic rings. The van der Waals surface area contributed by atoms with Crippen LogP contribution in [0.3, 0.4) is 0 Å². The number of carbonyl (C=O) groups is 1. The molecule has 0 atom stereocenters. The summed E-state index contributed by atoms with van der Waals surface area (Å²) < 4.78 is 5.14. The number of carbonyl (C=O) groups excluding carboxylic acids is 1. The molecule has 0 fully saturated rings. The van der Waals surface area contributed by atoms with Gasteiger partial charge in [0.1, 0.15) is 6.61 Å². The predicted octanol–water partition coefficient (Wildman–Crippen LogP) is 3.90. The fourth-order valence-electron chi connectivity index (χ4n) is 2.37. The number of rotatable bonds is 4. The lowest BCUT2D eigenvalue weighted by Crippen LogP contribution is -2.24. The smallest absolute Gasteiger partial charge is 0.407 e. The molecular formula is C21H18N2O2. The fourth-order valence-corrected chi connectivity index (χ4v) is 2.37. The van der Waals surface area contributed by atoms with E-state index in [1.54, 1.807) is 6.20 Å². The Morgan fingerprint density at radius 1 is 1.04 bits per heavy atom.